The van der Waals surface area contributed by atoms with Crippen molar-refractivity contribution in [1.29, 1.82) is 5.26 Å². The van der Waals surface area contributed by atoms with Crippen molar-refractivity contribution < 1.29 is 4.74 Å². The van der Waals surface area contributed by atoms with E-state index in [-0.39, 0.29) is 12.0 Å². The standard InChI is InChI=1S/C29H33ClN4O/c1-5-8-22(19-31)15-12-20(3)10-7-11-23(9-6-2)27-25(30)18-26-28(33-27)34-29(32-26)35-24-16-13-21(4)14-17-24/h5-12,15,18,20-21,24H,1,13-14,16-17H2,2-4H3,(H,32,33,34)/b9-6-,10-7+,15-12-,22-8+,23-11+. The van der Waals surface area contributed by atoms with E-state index in [0.29, 0.717) is 27.9 Å². The number of rotatable bonds is 9. The number of H-pyrrole nitrogens is 1. The van der Waals surface area contributed by atoms with Crippen LogP contribution in [0.15, 0.2) is 72.9 Å². The molecule has 0 radical (unpaired) electrons. The van der Waals surface area contributed by atoms with Gasteiger partial charge in [-0.3, -0.25) is 0 Å². The summed E-state index contributed by atoms with van der Waals surface area (Å²) in [5.74, 6) is 0.905. The highest BCUT2D eigenvalue weighted by Gasteiger charge is 2.21. The maximum atomic E-state index is 9.11. The van der Waals surface area contributed by atoms with Gasteiger partial charge < -0.3 is 9.72 Å². The van der Waals surface area contributed by atoms with E-state index in [1.54, 1.807) is 18.2 Å². The van der Waals surface area contributed by atoms with Crippen LogP contribution in [0.1, 0.15) is 52.1 Å². The highest BCUT2D eigenvalue weighted by molar-refractivity contribution is 6.32. The van der Waals surface area contributed by atoms with Gasteiger partial charge in [0.1, 0.15) is 6.10 Å². The van der Waals surface area contributed by atoms with E-state index < -0.39 is 0 Å². The van der Waals surface area contributed by atoms with Gasteiger partial charge in [-0.05, 0) is 62.7 Å². The second kappa shape index (κ2) is 12.9. The number of fused-ring (bicyclic) bond motifs is 1. The molecule has 1 fully saturated rings. The normalized spacial score (nSPS) is 20.7. The molecule has 0 aromatic carbocycles. The maximum Gasteiger partial charge on any atom is 0.296 e. The second-order valence-corrected chi connectivity index (χ2v) is 9.33. The number of nitriles is 1. The average molecular weight is 489 g/mol. The Bertz CT molecular complexity index is 1220. The second-order valence-electron chi connectivity index (χ2n) is 8.93. The van der Waals surface area contributed by atoms with Gasteiger partial charge in [-0.1, -0.05) is 74.6 Å². The molecular formula is C29H33ClN4O. The molecule has 1 atom stereocenters. The minimum absolute atomic E-state index is 0.138. The third-order valence-corrected chi connectivity index (χ3v) is 6.25. The van der Waals surface area contributed by atoms with Gasteiger partial charge in [-0.15, -0.1) is 0 Å². The lowest BCUT2D eigenvalue weighted by atomic mass is 9.89. The Balaban J connectivity index is 1.79. The summed E-state index contributed by atoms with van der Waals surface area (Å²) in [5.41, 5.74) is 3.44. The number of nitrogens with one attached hydrogen (secondary N) is 1. The van der Waals surface area contributed by atoms with Crippen LogP contribution in [-0.4, -0.2) is 21.1 Å². The van der Waals surface area contributed by atoms with Crippen molar-refractivity contribution >= 4 is 28.3 Å². The molecular weight excluding hydrogens is 456 g/mol. The van der Waals surface area contributed by atoms with Crippen LogP contribution in [-0.2, 0) is 0 Å². The summed E-state index contributed by atoms with van der Waals surface area (Å²) < 4.78 is 6.11. The fraction of sp³-hybridized carbons (Fsp3) is 0.345. The number of ether oxygens (including phenoxy) is 1. The molecule has 1 aliphatic rings. The summed E-state index contributed by atoms with van der Waals surface area (Å²) in [6.07, 6.45) is 21.6. The zero-order chi connectivity index (χ0) is 25.2. The van der Waals surface area contributed by atoms with Crippen LogP contribution in [0.4, 0.5) is 0 Å². The molecule has 2 heterocycles. The first kappa shape index (κ1) is 26.2. The van der Waals surface area contributed by atoms with E-state index in [4.69, 9.17) is 26.6 Å². The number of hydrogen-bond donors (Lipinski definition) is 1. The van der Waals surface area contributed by atoms with E-state index in [1.807, 2.05) is 49.4 Å². The zero-order valence-electron chi connectivity index (χ0n) is 20.7. The number of imidazole rings is 1. The molecule has 2 aromatic heterocycles. The molecule has 182 valence electrons. The molecule has 5 nitrogen and oxygen atoms in total. The van der Waals surface area contributed by atoms with E-state index in [2.05, 4.69) is 36.5 Å². The lowest BCUT2D eigenvalue weighted by Crippen LogP contribution is -2.23. The van der Waals surface area contributed by atoms with Gasteiger partial charge in [0.2, 0.25) is 0 Å². The molecule has 1 aliphatic carbocycles. The van der Waals surface area contributed by atoms with Crippen molar-refractivity contribution in [2.24, 2.45) is 11.8 Å². The number of nitrogens with zero attached hydrogens (tertiary/aromatic N) is 3. The SMILES string of the molecule is C=C/C=C(C#N)\C=C/C(C)/C=C/C=C(\C=C/C)c1nc2nc(OC3CCC(C)CC3)[nH]c2cc1Cl. The molecule has 0 bridgehead atoms. The summed E-state index contributed by atoms with van der Waals surface area (Å²) in [5, 5.41) is 9.65. The number of pyridine rings is 1. The highest BCUT2D eigenvalue weighted by Crippen LogP contribution is 2.30. The molecule has 1 unspecified atom stereocenters. The topological polar surface area (TPSA) is 74.6 Å². The Hall–Kier alpha value is -3.36. The molecule has 0 spiro atoms. The first-order valence-corrected chi connectivity index (χ1v) is 12.5. The summed E-state index contributed by atoms with van der Waals surface area (Å²) in [6.45, 7) is 9.92. The number of hydrogen-bond acceptors (Lipinski definition) is 4. The molecule has 6 heteroatoms. The Labute approximate surface area is 213 Å². The molecule has 35 heavy (non-hydrogen) atoms. The van der Waals surface area contributed by atoms with Crippen LogP contribution in [0, 0.1) is 23.2 Å². The number of aromatic amines is 1. The Morgan fingerprint density at radius 1 is 1.23 bits per heavy atom. The van der Waals surface area contributed by atoms with Gasteiger partial charge in [-0.25, -0.2) is 4.98 Å². The van der Waals surface area contributed by atoms with Crippen molar-refractivity contribution in [3.63, 3.8) is 0 Å². The fourth-order valence-corrected chi connectivity index (χ4v) is 4.22. The van der Waals surface area contributed by atoms with Crippen LogP contribution in [0.25, 0.3) is 16.7 Å². The minimum Gasteiger partial charge on any atom is -0.461 e. The van der Waals surface area contributed by atoms with E-state index in [1.165, 1.54) is 12.8 Å². The predicted octanol–water partition coefficient (Wildman–Crippen LogP) is 7.91. The monoisotopic (exact) mass is 488 g/mol. The summed E-state index contributed by atoms with van der Waals surface area (Å²) in [7, 11) is 0. The van der Waals surface area contributed by atoms with E-state index >= 15 is 0 Å². The largest absolute Gasteiger partial charge is 0.461 e. The average Bonchev–Trinajstić information content (AvgIpc) is 3.23. The van der Waals surface area contributed by atoms with Gasteiger partial charge >= 0.3 is 0 Å². The molecule has 2 aromatic rings. The molecule has 0 amide bonds. The van der Waals surface area contributed by atoms with E-state index in [9.17, 15) is 0 Å². The molecule has 1 N–H and O–H groups in total. The third-order valence-electron chi connectivity index (χ3n) is 5.96. The molecule has 0 aliphatic heterocycles. The minimum atomic E-state index is 0.138. The third kappa shape index (κ3) is 7.56. The zero-order valence-corrected chi connectivity index (χ0v) is 21.4. The van der Waals surface area contributed by atoms with Crippen LogP contribution in [0.5, 0.6) is 6.01 Å². The fourth-order valence-electron chi connectivity index (χ4n) is 3.96. The lowest BCUT2D eigenvalue weighted by Gasteiger charge is -2.25. The predicted molar refractivity (Wildman–Crippen MR) is 145 cm³/mol. The Kier molecular flexibility index (Phi) is 9.69. The first-order chi connectivity index (χ1) is 16.9. The highest BCUT2D eigenvalue weighted by atomic mass is 35.5. The van der Waals surface area contributed by atoms with Crippen LogP contribution in [0.3, 0.4) is 0 Å². The van der Waals surface area contributed by atoms with Crippen LogP contribution in [0.2, 0.25) is 5.02 Å². The van der Waals surface area contributed by atoms with Crippen molar-refractivity contribution in [3.8, 4) is 12.1 Å². The maximum absolute atomic E-state index is 9.11. The van der Waals surface area contributed by atoms with Crippen molar-refractivity contribution in [3.05, 3.63) is 83.6 Å². The van der Waals surface area contributed by atoms with Gasteiger partial charge in [-0.2, -0.15) is 10.2 Å². The van der Waals surface area contributed by atoms with Gasteiger partial charge in [0, 0.05) is 5.57 Å². The van der Waals surface area contributed by atoms with Crippen molar-refractivity contribution in [2.75, 3.05) is 0 Å². The molecule has 1 saturated carbocycles. The van der Waals surface area contributed by atoms with E-state index in [0.717, 1.165) is 29.8 Å². The van der Waals surface area contributed by atoms with Gasteiger partial charge in [0.25, 0.3) is 6.01 Å². The summed E-state index contributed by atoms with van der Waals surface area (Å²) in [6, 6.07) is 4.49. The smallest absolute Gasteiger partial charge is 0.296 e. The van der Waals surface area contributed by atoms with Gasteiger partial charge in [0.05, 0.1) is 27.9 Å². The number of halogens is 1. The Morgan fingerprint density at radius 3 is 2.69 bits per heavy atom. The van der Waals surface area contributed by atoms with Crippen molar-refractivity contribution in [2.45, 2.75) is 52.6 Å². The number of allylic oxidation sites excluding steroid dienone is 11. The summed E-state index contributed by atoms with van der Waals surface area (Å²) in [4.78, 5) is 12.5. The lowest BCUT2D eigenvalue weighted by molar-refractivity contribution is 0.126. The first-order valence-electron chi connectivity index (χ1n) is 12.1. The summed E-state index contributed by atoms with van der Waals surface area (Å²) >= 11 is 6.62. The Morgan fingerprint density at radius 2 is 2.00 bits per heavy atom. The molecule has 0 saturated heterocycles. The number of aromatic nitrogens is 3. The van der Waals surface area contributed by atoms with Crippen molar-refractivity contribution in [1.82, 2.24) is 15.0 Å². The van der Waals surface area contributed by atoms with Crippen LogP contribution >= 0.6 is 11.6 Å². The van der Waals surface area contributed by atoms with Crippen LogP contribution < -0.4 is 4.74 Å². The molecule has 3 rings (SSSR count). The quantitative estimate of drug-likeness (QED) is 0.287. The van der Waals surface area contributed by atoms with Gasteiger partial charge in [0.15, 0.2) is 5.65 Å².